The largest absolute Gasteiger partial charge is 0.380 e. The molecule has 1 unspecified atom stereocenters. The van der Waals surface area contributed by atoms with Crippen LogP contribution in [0.25, 0.3) is 0 Å². The zero-order valence-corrected chi connectivity index (χ0v) is 12.3. The topological polar surface area (TPSA) is 67.6 Å². The Balaban J connectivity index is 4.38. The summed E-state index contributed by atoms with van der Waals surface area (Å²) in [5.74, 6) is -0.300. The highest BCUT2D eigenvalue weighted by Crippen LogP contribution is 2.06. The van der Waals surface area contributed by atoms with Crippen LogP contribution in [-0.2, 0) is 9.53 Å². The van der Waals surface area contributed by atoms with Crippen molar-refractivity contribution in [3.63, 3.8) is 0 Å². The van der Waals surface area contributed by atoms with Crippen molar-refractivity contribution in [2.24, 2.45) is 5.73 Å². The maximum Gasteiger partial charge on any atom is 0.238 e. The molecule has 0 aromatic carbocycles. The minimum Gasteiger partial charge on any atom is -0.380 e. The van der Waals surface area contributed by atoms with E-state index < -0.39 is 5.54 Å². The van der Waals surface area contributed by atoms with Crippen LogP contribution >= 0.6 is 0 Å². The predicted molar refractivity (Wildman–Crippen MR) is 74.5 cm³/mol. The first-order valence-electron chi connectivity index (χ1n) is 6.85. The van der Waals surface area contributed by atoms with E-state index >= 15 is 0 Å². The maximum atomic E-state index is 11.6. The predicted octanol–water partition coefficient (Wildman–Crippen LogP) is 0.588. The molecule has 0 heterocycles. The number of hydrogen-bond donors (Lipinski definition) is 2. The zero-order chi connectivity index (χ0) is 14.0. The van der Waals surface area contributed by atoms with Crippen molar-refractivity contribution < 1.29 is 9.53 Å². The molecule has 0 saturated carbocycles. The molecule has 0 spiro atoms. The van der Waals surface area contributed by atoms with Crippen molar-refractivity contribution in [1.29, 1.82) is 0 Å². The SMILES string of the molecule is CCCNC(C)(CN(CC)CCOCC)C(N)=O. The quantitative estimate of drug-likeness (QED) is 0.533. The van der Waals surface area contributed by atoms with Crippen LogP contribution in [0.3, 0.4) is 0 Å². The molecule has 0 aromatic heterocycles. The van der Waals surface area contributed by atoms with Crippen LogP contribution in [0.1, 0.15) is 34.1 Å². The minimum absolute atomic E-state index is 0.300. The Bertz CT molecular complexity index is 236. The van der Waals surface area contributed by atoms with E-state index in [2.05, 4.69) is 24.1 Å². The van der Waals surface area contributed by atoms with Crippen LogP contribution < -0.4 is 11.1 Å². The second-order valence-corrected chi connectivity index (χ2v) is 4.69. The van der Waals surface area contributed by atoms with Gasteiger partial charge in [0.05, 0.1) is 6.61 Å². The molecule has 0 aliphatic carbocycles. The molecule has 1 amide bonds. The van der Waals surface area contributed by atoms with E-state index in [1.165, 1.54) is 0 Å². The molecule has 5 nitrogen and oxygen atoms in total. The normalized spacial score (nSPS) is 14.7. The average molecular weight is 259 g/mol. The number of rotatable bonds is 11. The van der Waals surface area contributed by atoms with Crippen molar-refractivity contribution in [3.05, 3.63) is 0 Å². The molecule has 0 radical (unpaired) electrons. The van der Waals surface area contributed by atoms with Crippen LogP contribution in [-0.4, -0.2) is 55.7 Å². The summed E-state index contributed by atoms with van der Waals surface area (Å²) in [6.07, 6.45) is 0.980. The third-order valence-corrected chi connectivity index (χ3v) is 3.05. The smallest absolute Gasteiger partial charge is 0.238 e. The number of amides is 1. The number of nitrogens with zero attached hydrogens (tertiary/aromatic N) is 1. The third kappa shape index (κ3) is 6.33. The van der Waals surface area contributed by atoms with Gasteiger partial charge in [0.1, 0.15) is 5.54 Å². The molecule has 0 aliphatic heterocycles. The number of nitrogens with one attached hydrogen (secondary N) is 1. The first-order chi connectivity index (χ1) is 8.50. The molecule has 0 aliphatic rings. The lowest BCUT2D eigenvalue weighted by atomic mass is 10.0. The lowest BCUT2D eigenvalue weighted by Crippen LogP contribution is -2.60. The van der Waals surface area contributed by atoms with Gasteiger partial charge in [-0.2, -0.15) is 0 Å². The summed E-state index contributed by atoms with van der Waals surface area (Å²) >= 11 is 0. The Morgan fingerprint density at radius 1 is 1.39 bits per heavy atom. The number of likely N-dealkylation sites (N-methyl/N-ethyl adjacent to an activating group) is 1. The fourth-order valence-corrected chi connectivity index (χ4v) is 1.76. The Kier molecular flexibility index (Phi) is 8.97. The van der Waals surface area contributed by atoms with Crippen LogP contribution in [0.2, 0.25) is 0 Å². The second-order valence-electron chi connectivity index (χ2n) is 4.69. The van der Waals surface area contributed by atoms with Gasteiger partial charge in [0.2, 0.25) is 5.91 Å². The van der Waals surface area contributed by atoms with Gasteiger partial charge >= 0.3 is 0 Å². The van der Waals surface area contributed by atoms with E-state index in [1.54, 1.807) is 0 Å². The molecule has 3 N–H and O–H groups in total. The molecular weight excluding hydrogens is 230 g/mol. The van der Waals surface area contributed by atoms with Crippen molar-refractivity contribution in [2.45, 2.75) is 39.7 Å². The van der Waals surface area contributed by atoms with Gasteiger partial charge in [-0.05, 0) is 33.4 Å². The van der Waals surface area contributed by atoms with Gasteiger partial charge in [-0.1, -0.05) is 13.8 Å². The van der Waals surface area contributed by atoms with Gasteiger partial charge in [0.25, 0.3) is 0 Å². The standard InChI is InChI=1S/C13H29N3O2/c1-5-8-15-13(4,12(14)17)11-16(6-2)9-10-18-7-3/h15H,5-11H2,1-4H3,(H2,14,17). The molecule has 0 aromatic rings. The van der Waals surface area contributed by atoms with Crippen LogP contribution in [0.4, 0.5) is 0 Å². The number of carbonyl (C=O) groups excluding carboxylic acids is 1. The van der Waals surface area contributed by atoms with Gasteiger partial charge in [-0.15, -0.1) is 0 Å². The Hall–Kier alpha value is -0.650. The van der Waals surface area contributed by atoms with Gasteiger partial charge in [-0.25, -0.2) is 0 Å². The highest BCUT2D eigenvalue weighted by molar-refractivity contribution is 5.84. The highest BCUT2D eigenvalue weighted by Gasteiger charge is 2.31. The van der Waals surface area contributed by atoms with E-state index in [0.29, 0.717) is 13.2 Å². The van der Waals surface area contributed by atoms with Crippen LogP contribution in [0.5, 0.6) is 0 Å². The van der Waals surface area contributed by atoms with Crippen molar-refractivity contribution in [2.75, 3.05) is 39.4 Å². The molecular formula is C13H29N3O2. The number of nitrogens with two attached hydrogens (primary N) is 1. The van der Waals surface area contributed by atoms with Gasteiger partial charge in [0.15, 0.2) is 0 Å². The summed E-state index contributed by atoms with van der Waals surface area (Å²) in [5, 5.41) is 3.24. The summed E-state index contributed by atoms with van der Waals surface area (Å²) in [4.78, 5) is 13.8. The number of carbonyl (C=O) groups is 1. The maximum absolute atomic E-state index is 11.6. The van der Waals surface area contributed by atoms with Crippen molar-refractivity contribution >= 4 is 5.91 Å². The Morgan fingerprint density at radius 2 is 2.06 bits per heavy atom. The van der Waals surface area contributed by atoms with Crippen molar-refractivity contribution in [3.8, 4) is 0 Å². The van der Waals surface area contributed by atoms with Crippen molar-refractivity contribution in [1.82, 2.24) is 10.2 Å². The van der Waals surface area contributed by atoms with E-state index in [0.717, 1.165) is 32.7 Å². The summed E-state index contributed by atoms with van der Waals surface area (Å²) in [6.45, 7) is 12.5. The molecule has 0 rings (SSSR count). The molecule has 1 atom stereocenters. The Labute approximate surface area is 111 Å². The minimum atomic E-state index is -0.668. The third-order valence-electron chi connectivity index (χ3n) is 3.05. The average Bonchev–Trinajstić information content (AvgIpc) is 2.35. The Morgan fingerprint density at radius 3 is 2.50 bits per heavy atom. The van der Waals surface area contributed by atoms with E-state index in [9.17, 15) is 4.79 Å². The summed E-state index contributed by atoms with van der Waals surface area (Å²) in [7, 11) is 0. The molecule has 0 fully saturated rings. The van der Waals surface area contributed by atoms with Gasteiger partial charge in [-0.3, -0.25) is 9.69 Å². The van der Waals surface area contributed by atoms with Gasteiger partial charge in [0, 0.05) is 19.7 Å². The zero-order valence-electron chi connectivity index (χ0n) is 12.3. The second kappa shape index (κ2) is 9.30. The number of ether oxygens (including phenoxy) is 1. The fraction of sp³-hybridized carbons (Fsp3) is 0.923. The number of primary amides is 1. The number of hydrogen-bond acceptors (Lipinski definition) is 4. The van der Waals surface area contributed by atoms with Crippen LogP contribution in [0, 0.1) is 0 Å². The lowest BCUT2D eigenvalue weighted by molar-refractivity contribution is -0.124. The molecule has 5 heteroatoms. The monoisotopic (exact) mass is 259 g/mol. The highest BCUT2D eigenvalue weighted by atomic mass is 16.5. The molecule has 108 valence electrons. The van der Waals surface area contributed by atoms with E-state index in [4.69, 9.17) is 10.5 Å². The summed E-state index contributed by atoms with van der Waals surface area (Å²) in [6, 6.07) is 0. The molecule has 0 saturated heterocycles. The molecule has 0 bridgehead atoms. The fourth-order valence-electron chi connectivity index (χ4n) is 1.76. The van der Waals surface area contributed by atoms with Gasteiger partial charge < -0.3 is 15.8 Å². The van der Waals surface area contributed by atoms with Crippen LogP contribution in [0.15, 0.2) is 0 Å². The van der Waals surface area contributed by atoms with E-state index in [1.807, 2.05) is 13.8 Å². The van der Waals surface area contributed by atoms with E-state index in [-0.39, 0.29) is 5.91 Å². The molecule has 18 heavy (non-hydrogen) atoms. The lowest BCUT2D eigenvalue weighted by Gasteiger charge is -2.33. The summed E-state index contributed by atoms with van der Waals surface area (Å²) < 4.78 is 5.34. The first kappa shape index (κ1) is 17.4. The summed E-state index contributed by atoms with van der Waals surface area (Å²) in [5.41, 5.74) is 4.84. The first-order valence-corrected chi connectivity index (χ1v) is 6.85.